The molecule has 0 aliphatic rings. The molecule has 1 amide bonds. The molecule has 1 aromatic heterocycles. The van der Waals surface area contributed by atoms with Crippen LogP contribution in [0.25, 0.3) is 10.1 Å². The molecular weight excluding hydrogens is 242 g/mol. The van der Waals surface area contributed by atoms with Gasteiger partial charge >= 0.3 is 0 Å². The molecule has 0 saturated carbocycles. The Morgan fingerprint density at radius 2 is 2.22 bits per heavy atom. The van der Waals surface area contributed by atoms with Gasteiger partial charge in [-0.1, -0.05) is 31.0 Å². The van der Waals surface area contributed by atoms with E-state index in [1.165, 1.54) is 11.3 Å². The van der Waals surface area contributed by atoms with Gasteiger partial charge in [0, 0.05) is 11.2 Å². The van der Waals surface area contributed by atoms with Crippen molar-refractivity contribution in [2.75, 3.05) is 13.1 Å². The molecule has 3 heteroatoms. The summed E-state index contributed by atoms with van der Waals surface area (Å²) in [5.41, 5.74) is 0. The molecule has 0 radical (unpaired) electrons. The minimum absolute atomic E-state index is 0.0380. The van der Waals surface area contributed by atoms with Crippen molar-refractivity contribution in [3.63, 3.8) is 0 Å². The van der Waals surface area contributed by atoms with Gasteiger partial charge in [-0.3, -0.25) is 4.79 Å². The van der Waals surface area contributed by atoms with Gasteiger partial charge in [-0.15, -0.1) is 17.8 Å². The van der Waals surface area contributed by atoms with E-state index in [0.29, 0.717) is 13.1 Å². The van der Waals surface area contributed by atoms with Crippen LogP contribution in [0.1, 0.15) is 23.0 Å². The van der Waals surface area contributed by atoms with Crippen molar-refractivity contribution >= 4 is 27.3 Å². The molecule has 2 nitrogen and oxygen atoms in total. The molecule has 0 fully saturated rings. The number of carbonyl (C=O) groups excluding carboxylic acids is 1. The summed E-state index contributed by atoms with van der Waals surface area (Å²) in [5, 5.41) is 1.11. The Kier molecular flexibility index (Phi) is 4.01. The molecule has 0 spiro atoms. The predicted octanol–water partition coefficient (Wildman–Crippen LogP) is 3.39. The van der Waals surface area contributed by atoms with Crippen molar-refractivity contribution in [2.24, 2.45) is 0 Å². The first-order valence-electron chi connectivity index (χ1n) is 5.97. The first-order chi connectivity index (χ1) is 8.76. The maximum absolute atomic E-state index is 12.3. The second kappa shape index (κ2) is 5.70. The SMILES string of the molecule is C#CCN(CCC)C(=O)c1cc2ccccc2s1. The van der Waals surface area contributed by atoms with Crippen molar-refractivity contribution in [2.45, 2.75) is 13.3 Å². The number of hydrogen-bond donors (Lipinski definition) is 0. The quantitative estimate of drug-likeness (QED) is 0.769. The standard InChI is InChI=1S/C15H15NOS/c1-3-9-16(10-4-2)15(17)14-11-12-7-5-6-8-13(12)18-14/h1,5-8,11H,4,9-10H2,2H3. The Morgan fingerprint density at radius 3 is 2.89 bits per heavy atom. The fourth-order valence-corrected chi connectivity index (χ4v) is 2.91. The number of terminal acetylenes is 1. The minimum atomic E-state index is 0.0380. The molecule has 0 aliphatic carbocycles. The first kappa shape index (κ1) is 12.7. The molecule has 0 unspecified atom stereocenters. The highest BCUT2D eigenvalue weighted by Crippen LogP contribution is 2.26. The zero-order chi connectivity index (χ0) is 13.0. The number of fused-ring (bicyclic) bond motifs is 1. The molecule has 0 atom stereocenters. The van der Waals surface area contributed by atoms with E-state index < -0.39 is 0 Å². The van der Waals surface area contributed by atoms with Crippen LogP contribution in [0.15, 0.2) is 30.3 Å². The van der Waals surface area contributed by atoms with Gasteiger partial charge in [-0.2, -0.15) is 0 Å². The zero-order valence-electron chi connectivity index (χ0n) is 10.3. The van der Waals surface area contributed by atoms with Gasteiger partial charge in [0.15, 0.2) is 0 Å². The zero-order valence-corrected chi connectivity index (χ0v) is 11.2. The van der Waals surface area contributed by atoms with Crippen molar-refractivity contribution in [1.82, 2.24) is 4.90 Å². The van der Waals surface area contributed by atoms with Gasteiger partial charge in [0.2, 0.25) is 0 Å². The van der Waals surface area contributed by atoms with E-state index in [4.69, 9.17) is 6.42 Å². The monoisotopic (exact) mass is 257 g/mol. The third-order valence-corrected chi connectivity index (χ3v) is 3.80. The van der Waals surface area contributed by atoms with E-state index >= 15 is 0 Å². The Labute approximate surface area is 111 Å². The van der Waals surface area contributed by atoms with Crippen LogP contribution in [-0.2, 0) is 0 Å². The number of thiophene rings is 1. The van der Waals surface area contributed by atoms with Crippen molar-refractivity contribution in [1.29, 1.82) is 0 Å². The highest BCUT2D eigenvalue weighted by Gasteiger charge is 2.16. The summed E-state index contributed by atoms with van der Waals surface area (Å²) >= 11 is 1.53. The lowest BCUT2D eigenvalue weighted by Gasteiger charge is -2.18. The molecule has 0 saturated heterocycles. The van der Waals surface area contributed by atoms with Crippen LogP contribution in [-0.4, -0.2) is 23.9 Å². The molecule has 1 aromatic carbocycles. The summed E-state index contributed by atoms with van der Waals surface area (Å²) in [4.78, 5) is 14.8. The lowest BCUT2D eigenvalue weighted by molar-refractivity contribution is 0.0782. The predicted molar refractivity (Wildman–Crippen MR) is 76.9 cm³/mol. The van der Waals surface area contributed by atoms with E-state index in [1.807, 2.05) is 37.3 Å². The van der Waals surface area contributed by atoms with Gasteiger partial charge in [-0.25, -0.2) is 0 Å². The number of hydrogen-bond acceptors (Lipinski definition) is 2. The third kappa shape index (κ3) is 2.55. The van der Waals surface area contributed by atoms with Gasteiger partial charge in [-0.05, 0) is 23.9 Å². The van der Waals surface area contributed by atoms with Crippen LogP contribution in [0.4, 0.5) is 0 Å². The van der Waals surface area contributed by atoms with Crippen LogP contribution in [0, 0.1) is 12.3 Å². The van der Waals surface area contributed by atoms with Gasteiger partial charge < -0.3 is 4.90 Å². The number of benzene rings is 1. The molecule has 1 heterocycles. The van der Waals surface area contributed by atoms with E-state index in [1.54, 1.807) is 4.90 Å². The van der Waals surface area contributed by atoms with Gasteiger partial charge in [0.05, 0.1) is 11.4 Å². The Morgan fingerprint density at radius 1 is 1.44 bits per heavy atom. The highest BCUT2D eigenvalue weighted by molar-refractivity contribution is 7.20. The van der Waals surface area contributed by atoms with Crippen molar-refractivity contribution in [3.8, 4) is 12.3 Å². The summed E-state index contributed by atoms with van der Waals surface area (Å²) in [6.07, 6.45) is 6.23. The van der Waals surface area contributed by atoms with Gasteiger partial charge in [0.25, 0.3) is 5.91 Å². The third-order valence-electron chi connectivity index (χ3n) is 2.70. The molecule has 18 heavy (non-hydrogen) atoms. The molecular formula is C15H15NOS. The highest BCUT2D eigenvalue weighted by atomic mass is 32.1. The number of carbonyl (C=O) groups is 1. The summed E-state index contributed by atoms with van der Waals surface area (Å²) in [5.74, 6) is 2.58. The van der Waals surface area contributed by atoms with Crippen molar-refractivity contribution in [3.05, 3.63) is 35.2 Å². The van der Waals surface area contributed by atoms with Crippen LogP contribution < -0.4 is 0 Å². The summed E-state index contributed by atoms with van der Waals surface area (Å²) in [7, 11) is 0. The molecule has 2 aromatic rings. The average molecular weight is 257 g/mol. The van der Waals surface area contributed by atoms with Crippen LogP contribution in [0.3, 0.4) is 0 Å². The summed E-state index contributed by atoms with van der Waals surface area (Å²) in [6, 6.07) is 9.96. The largest absolute Gasteiger partial charge is 0.327 e. The van der Waals surface area contributed by atoms with Gasteiger partial charge in [0.1, 0.15) is 0 Å². The van der Waals surface area contributed by atoms with Crippen LogP contribution >= 0.6 is 11.3 Å². The maximum atomic E-state index is 12.3. The topological polar surface area (TPSA) is 20.3 Å². The normalized spacial score (nSPS) is 10.2. The second-order valence-electron chi connectivity index (χ2n) is 4.08. The number of nitrogens with zero attached hydrogens (tertiary/aromatic N) is 1. The van der Waals surface area contributed by atoms with Crippen LogP contribution in [0.2, 0.25) is 0 Å². The maximum Gasteiger partial charge on any atom is 0.264 e. The molecule has 0 aliphatic heterocycles. The van der Waals surface area contributed by atoms with E-state index in [9.17, 15) is 4.79 Å². The minimum Gasteiger partial charge on any atom is -0.327 e. The average Bonchev–Trinajstić information content (AvgIpc) is 2.81. The van der Waals surface area contributed by atoms with E-state index in [-0.39, 0.29) is 5.91 Å². The number of rotatable bonds is 4. The second-order valence-corrected chi connectivity index (χ2v) is 5.16. The Hall–Kier alpha value is -1.79. The van der Waals surface area contributed by atoms with E-state index in [0.717, 1.165) is 21.4 Å². The molecule has 92 valence electrons. The Balaban J connectivity index is 2.29. The van der Waals surface area contributed by atoms with Crippen molar-refractivity contribution < 1.29 is 4.79 Å². The van der Waals surface area contributed by atoms with Crippen LogP contribution in [0.5, 0.6) is 0 Å². The fraction of sp³-hybridized carbons (Fsp3) is 0.267. The molecule has 2 rings (SSSR count). The Bertz CT molecular complexity index is 561. The first-order valence-corrected chi connectivity index (χ1v) is 6.79. The van der Waals surface area contributed by atoms with E-state index in [2.05, 4.69) is 5.92 Å². The summed E-state index contributed by atoms with van der Waals surface area (Å²) in [6.45, 7) is 3.12. The smallest absolute Gasteiger partial charge is 0.264 e. The lowest BCUT2D eigenvalue weighted by atomic mass is 10.2. The fourth-order valence-electron chi connectivity index (χ4n) is 1.88. The molecule has 0 bridgehead atoms. The number of amides is 1. The molecule has 0 N–H and O–H groups in total. The summed E-state index contributed by atoms with van der Waals surface area (Å²) < 4.78 is 1.14. The lowest BCUT2D eigenvalue weighted by Crippen LogP contribution is -2.31.